The molecular weight excluding hydrogens is 546 g/mol. The fraction of sp³-hybridized carbons (Fsp3) is 0.316. The molecule has 1 aliphatic carbocycles. The van der Waals surface area contributed by atoms with Gasteiger partial charge in [0, 0.05) is 47.6 Å². The van der Waals surface area contributed by atoms with Gasteiger partial charge in [0.15, 0.2) is 0 Å². The Morgan fingerprint density at radius 1 is 0.886 bits per heavy atom. The standard InChI is InChI=1S/C38H39N3O3/c1-7-39(8-2)27-14-17-30-29-16-13-25(21-32(29)36(3,4)33(30)23-27)19-20-38-37(5,6)31-11-9-10-12-34(31)40(38)24-26-22-28(41(42)43)15-18-35(26)44-38/h9-23H,7-8,24H2,1-6H3/b20-19+. The van der Waals surface area contributed by atoms with Crippen molar-refractivity contribution in [2.45, 2.75) is 64.6 Å². The fourth-order valence-corrected chi connectivity index (χ4v) is 7.75. The zero-order valence-electron chi connectivity index (χ0n) is 26.3. The minimum Gasteiger partial charge on any atom is -0.463 e. The Labute approximate surface area is 259 Å². The summed E-state index contributed by atoms with van der Waals surface area (Å²) in [6.45, 7) is 16.0. The third kappa shape index (κ3) is 3.86. The zero-order valence-corrected chi connectivity index (χ0v) is 26.3. The van der Waals surface area contributed by atoms with Gasteiger partial charge in [-0.3, -0.25) is 10.1 Å². The number of benzene rings is 4. The van der Waals surface area contributed by atoms with E-state index in [1.165, 1.54) is 39.6 Å². The predicted octanol–water partition coefficient (Wildman–Crippen LogP) is 8.85. The number of rotatable bonds is 6. The van der Waals surface area contributed by atoms with Crippen LogP contribution in [0.25, 0.3) is 17.2 Å². The molecule has 4 aromatic carbocycles. The quantitative estimate of drug-likeness (QED) is 0.167. The molecule has 0 saturated heterocycles. The lowest BCUT2D eigenvalue weighted by atomic mass is 9.76. The summed E-state index contributed by atoms with van der Waals surface area (Å²) < 4.78 is 6.95. The molecule has 6 heteroatoms. The van der Waals surface area contributed by atoms with Crippen LogP contribution in [0.2, 0.25) is 0 Å². The summed E-state index contributed by atoms with van der Waals surface area (Å²) >= 11 is 0. The van der Waals surface area contributed by atoms with Crippen molar-refractivity contribution in [3.05, 3.63) is 123 Å². The Morgan fingerprint density at radius 3 is 2.32 bits per heavy atom. The maximum absolute atomic E-state index is 11.5. The molecule has 0 bridgehead atoms. The third-order valence-corrected chi connectivity index (χ3v) is 10.3. The average molecular weight is 586 g/mol. The summed E-state index contributed by atoms with van der Waals surface area (Å²) in [6.07, 6.45) is 4.39. The van der Waals surface area contributed by atoms with Crippen molar-refractivity contribution in [1.29, 1.82) is 0 Å². The van der Waals surface area contributed by atoms with E-state index in [1.54, 1.807) is 12.1 Å². The van der Waals surface area contributed by atoms with Gasteiger partial charge in [-0.15, -0.1) is 0 Å². The van der Waals surface area contributed by atoms with Gasteiger partial charge in [0.25, 0.3) is 5.69 Å². The van der Waals surface area contributed by atoms with Crippen LogP contribution in [-0.4, -0.2) is 23.7 Å². The zero-order chi connectivity index (χ0) is 31.0. The molecule has 0 aromatic heterocycles. The highest BCUT2D eigenvalue weighted by atomic mass is 16.6. The first kappa shape index (κ1) is 28.2. The van der Waals surface area contributed by atoms with E-state index in [4.69, 9.17) is 4.74 Å². The van der Waals surface area contributed by atoms with Crippen molar-refractivity contribution < 1.29 is 9.66 Å². The molecule has 3 aliphatic rings. The SMILES string of the molecule is CCN(CC)c1ccc2c(c1)C(C)(C)c1cc(/C=C/C34Oc5ccc([N+](=O)[O-])cc5CN3c3ccccc3C4(C)C)ccc1-2. The lowest BCUT2D eigenvalue weighted by Gasteiger charge is -2.48. The summed E-state index contributed by atoms with van der Waals surface area (Å²) in [7, 11) is 0. The largest absolute Gasteiger partial charge is 0.463 e. The highest BCUT2D eigenvalue weighted by molar-refractivity contribution is 5.84. The van der Waals surface area contributed by atoms with E-state index in [0.29, 0.717) is 12.3 Å². The van der Waals surface area contributed by atoms with Crippen molar-refractivity contribution in [2.75, 3.05) is 22.9 Å². The van der Waals surface area contributed by atoms with Crippen molar-refractivity contribution in [1.82, 2.24) is 0 Å². The lowest BCUT2D eigenvalue weighted by Crippen LogP contribution is -2.60. The second-order valence-corrected chi connectivity index (χ2v) is 13.2. The number of para-hydroxylation sites is 1. The van der Waals surface area contributed by atoms with Gasteiger partial charge in [-0.05, 0) is 91.4 Å². The van der Waals surface area contributed by atoms with Gasteiger partial charge in [-0.1, -0.05) is 62.4 Å². The van der Waals surface area contributed by atoms with Crippen molar-refractivity contribution in [3.8, 4) is 16.9 Å². The normalized spacial score (nSPS) is 19.9. The van der Waals surface area contributed by atoms with Crippen LogP contribution in [-0.2, 0) is 17.4 Å². The minimum atomic E-state index is -0.810. The van der Waals surface area contributed by atoms with Gasteiger partial charge in [0.05, 0.1) is 16.9 Å². The average Bonchev–Trinajstić information content (AvgIpc) is 3.36. The molecule has 6 nitrogen and oxygen atoms in total. The lowest BCUT2D eigenvalue weighted by molar-refractivity contribution is -0.385. The first-order valence-electron chi connectivity index (χ1n) is 15.6. The highest BCUT2D eigenvalue weighted by Gasteiger charge is 2.59. The summed E-state index contributed by atoms with van der Waals surface area (Å²) in [5.41, 5.74) is 9.56. The smallest absolute Gasteiger partial charge is 0.270 e. The van der Waals surface area contributed by atoms with Crippen LogP contribution in [0.5, 0.6) is 5.75 Å². The predicted molar refractivity (Wildman–Crippen MR) is 179 cm³/mol. The molecule has 0 N–H and O–H groups in total. The van der Waals surface area contributed by atoms with E-state index in [9.17, 15) is 10.1 Å². The molecule has 224 valence electrons. The van der Waals surface area contributed by atoms with Crippen LogP contribution >= 0.6 is 0 Å². The fourth-order valence-electron chi connectivity index (χ4n) is 7.75. The number of fused-ring (bicyclic) bond motifs is 7. The van der Waals surface area contributed by atoms with Crippen LogP contribution in [0.4, 0.5) is 17.1 Å². The number of anilines is 2. The van der Waals surface area contributed by atoms with Crippen LogP contribution in [0, 0.1) is 10.1 Å². The highest BCUT2D eigenvalue weighted by Crippen LogP contribution is 2.56. The molecule has 0 saturated carbocycles. The minimum absolute atomic E-state index is 0.0769. The number of nitrogens with zero attached hydrogens (tertiary/aromatic N) is 3. The van der Waals surface area contributed by atoms with Gasteiger partial charge >= 0.3 is 0 Å². The second-order valence-electron chi connectivity index (χ2n) is 13.2. The maximum atomic E-state index is 11.5. The van der Waals surface area contributed by atoms with E-state index in [0.717, 1.165) is 29.9 Å². The number of hydrogen-bond acceptors (Lipinski definition) is 5. The molecular formula is C38H39N3O3. The van der Waals surface area contributed by atoms with Gasteiger partial charge in [0.2, 0.25) is 5.72 Å². The molecule has 7 rings (SSSR count). The van der Waals surface area contributed by atoms with Crippen LogP contribution in [0.1, 0.15) is 69.4 Å². The Balaban J connectivity index is 1.30. The molecule has 0 spiro atoms. The van der Waals surface area contributed by atoms with Crippen molar-refractivity contribution >= 4 is 23.1 Å². The van der Waals surface area contributed by atoms with E-state index in [-0.39, 0.29) is 16.0 Å². The number of ether oxygens (including phenoxy) is 1. The van der Waals surface area contributed by atoms with Crippen LogP contribution in [0.15, 0.2) is 84.9 Å². The van der Waals surface area contributed by atoms with Crippen LogP contribution in [0.3, 0.4) is 0 Å². The molecule has 1 atom stereocenters. The first-order chi connectivity index (χ1) is 21.0. The topological polar surface area (TPSA) is 58.9 Å². The summed E-state index contributed by atoms with van der Waals surface area (Å²) in [5, 5.41) is 11.5. The molecule has 2 aliphatic heterocycles. The van der Waals surface area contributed by atoms with Crippen LogP contribution < -0.4 is 14.5 Å². The molecule has 4 aromatic rings. The van der Waals surface area contributed by atoms with Gasteiger partial charge < -0.3 is 14.5 Å². The van der Waals surface area contributed by atoms with Crippen molar-refractivity contribution in [3.63, 3.8) is 0 Å². The Kier molecular flexibility index (Phi) is 6.23. The van der Waals surface area contributed by atoms with Gasteiger partial charge in [-0.25, -0.2) is 0 Å². The molecule has 0 radical (unpaired) electrons. The second kappa shape index (κ2) is 9.71. The third-order valence-electron chi connectivity index (χ3n) is 10.3. The molecule has 0 amide bonds. The number of hydrogen-bond donors (Lipinski definition) is 0. The Morgan fingerprint density at radius 2 is 1.59 bits per heavy atom. The number of nitro groups is 1. The molecule has 0 fully saturated rings. The first-order valence-corrected chi connectivity index (χ1v) is 15.6. The summed E-state index contributed by atoms with van der Waals surface area (Å²) in [6, 6.07) is 27.1. The van der Waals surface area contributed by atoms with E-state index in [1.807, 2.05) is 6.07 Å². The molecule has 2 heterocycles. The Bertz CT molecular complexity index is 1850. The molecule has 44 heavy (non-hydrogen) atoms. The van der Waals surface area contributed by atoms with Gasteiger partial charge in [-0.2, -0.15) is 0 Å². The van der Waals surface area contributed by atoms with E-state index >= 15 is 0 Å². The summed E-state index contributed by atoms with van der Waals surface area (Å²) in [5.74, 6) is 0.687. The number of non-ortho nitro benzene ring substituents is 1. The van der Waals surface area contributed by atoms with Crippen molar-refractivity contribution in [2.24, 2.45) is 0 Å². The van der Waals surface area contributed by atoms with Gasteiger partial charge in [0.1, 0.15) is 5.75 Å². The van der Waals surface area contributed by atoms with E-state index in [2.05, 4.69) is 118 Å². The maximum Gasteiger partial charge on any atom is 0.270 e. The number of nitro benzene ring substituents is 1. The monoisotopic (exact) mass is 585 g/mol. The molecule has 1 unspecified atom stereocenters. The summed E-state index contributed by atoms with van der Waals surface area (Å²) in [4.78, 5) is 15.9. The Hall–Kier alpha value is -4.58. The van der Waals surface area contributed by atoms with E-state index < -0.39 is 11.1 Å².